The van der Waals surface area contributed by atoms with Gasteiger partial charge < -0.3 is 10.2 Å². The maximum Gasteiger partial charge on any atom is 0.335 e. The third-order valence-electron chi connectivity index (χ3n) is 8.83. The van der Waals surface area contributed by atoms with Crippen molar-refractivity contribution in [1.29, 1.82) is 0 Å². The van der Waals surface area contributed by atoms with Crippen LogP contribution in [0.5, 0.6) is 0 Å². The van der Waals surface area contributed by atoms with Crippen LogP contribution in [0.25, 0.3) is 21.9 Å². The molecule has 170 valence electrons. The largest absolute Gasteiger partial charge is 0.478 e. The molecule has 4 saturated carbocycles. The molecule has 4 aliphatic carbocycles. The summed E-state index contributed by atoms with van der Waals surface area (Å²) in [6, 6.07) is 18.2. The molecule has 0 heterocycles. The van der Waals surface area contributed by atoms with Gasteiger partial charge in [0.1, 0.15) is 0 Å². The van der Waals surface area contributed by atoms with Gasteiger partial charge in [0.05, 0.1) is 11.7 Å². The molecule has 4 fully saturated rings. The topological polar surface area (TPSA) is 57.5 Å². The van der Waals surface area contributed by atoms with Gasteiger partial charge in [0.15, 0.2) is 0 Å². The third-order valence-corrected chi connectivity index (χ3v) is 8.83. The van der Waals surface area contributed by atoms with Crippen LogP contribution in [0.3, 0.4) is 0 Å². The number of rotatable bonds is 5. The number of aromatic carboxylic acids is 1. The minimum atomic E-state index is -0.901. The zero-order chi connectivity index (χ0) is 22.7. The summed E-state index contributed by atoms with van der Waals surface area (Å²) >= 11 is 0. The number of benzene rings is 3. The predicted molar refractivity (Wildman–Crippen MR) is 131 cm³/mol. The number of carboxylic acids is 1. The summed E-state index contributed by atoms with van der Waals surface area (Å²) in [7, 11) is 0. The number of carbonyl (C=O) groups is 1. The lowest BCUT2D eigenvalue weighted by Gasteiger charge is -2.57. The van der Waals surface area contributed by atoms with Gasteiger partial charge in [0.2, 0.25) is 0 Å². The molecule has 7 rings (SSSR count). The fourth-order valence-corrected chi connectivity index (χ4v) is 7.70. The van der Waals surface area contributed by atoms with Crippen LogP contribution in [0.2, 0.25) is 0 Å². The summed E-state index contributed by atoms with van der Waals surface area (Å²) in [5.41, 5.74) is 5.21. The average molecular weight is 441 g/mol. The molecule has 1 atom stereocenters. The second-order valence-electron chi connectivity index (χ2n) is 11.0. The van der Waals surface area contributed by atoms with Crippen LogP contribution in [0.15, 0.2) is 54.6 Å². The van der Waals surface area contributed by atoms with Crippen molar-refractivity contribution in [3.05, 3.63) is 71.3 Å². The van der Waals surface area contributed by atoms with E-state index in [1.807, 2.05) is 12.1 Å². The Kier molecular flexibility index (Phi) is 4.88. The van der Waals surface area contributed by atoms with Gasteiger partial charge in [-0.05, 0) is 125 Å². The van der Waals surface area contributed by atoms with Crippen molar-refractivity contribution in [3.8, 4) is 11.1 Å². The van der Waals surface area contributed by atoms with Gasteiger partial charge in [-0.15, -0.1) is 0 Å². The van der Waals surface area contributed by atoms with E-state index in [0.29, 0.717) is 5.56 Å². The third kappa shape index (κ3) is 3.49. The second-order valence-corrected chi connectivity index (χ2v) is 11.0. The molecule has 33 heavy (non-hydrogen) atoms. The van der Waals surface area contributed by atoms with Crippen LogP contribution in [0.1, 0.15) is 79.5 Å². The van der Waals surface area contributed by atoms with E-state index < -0.39 is 12.1 Å². The molecule has 0 radical (unpaired) electrons. The van der Waals surface area contributed by atoms with Gasteiger partial charge in [0.25, 0.3) is 0 Å². The van der Waals surface area contributed by atoms with E-state index in [4.69, 9.17) is 0 Å². The first-order valence-corrected chi connectivity index (χ1v) is 12.5. The monoisotopic (exact) mass is 440 g/mol. The lowest BCUT2D eigenvalue weighted by atomic mass is 9.47. The molecule has 0 saturated heterocycles. The van der Waals surface area contributed by atoms with Crippen molar-refractivity contribution in [2.45, 2.75) is 63.4 Å². The molecule has 2 N–H and O–H groups in total. The molecule has 3 aromatic rings. The van der Waals surface area contributed by atoms with Crippen molar-refractivity contribution < 1.29 is 15.0 Å². The summed E-state index contributed by atoms with van der Waals surface area (Å²) in [4.78, 5) is 11.2. The number of hydrogen-bond donors (Lipinski definition) is 2. The number of fused-ring (bicyclic) bond motifs is 1. The summed E-state index contributed by atoms with van der Waals surface area (Å²) in [5.74, 6) is 1.68. The van der Waals surface area contributed by atoms with E-state index in [2.05, 4.69) is 37.3 Å². The molecule has 4 bridgehead atoms. The van der Waals surface area contributed by atoms with E-state index in [1.54, 1.807) is 12.1 Å². The highest BCUT2D eigenvalue weighted by Gasteiger charge is 2.52. The van der Waals surface area contributed by atoms with Crippen LogP contribution in [0, 0.1) is 17.8 Å². The molecule has 3 heteroatoms. The fourth-order valence-electron chi connectivity index (χ4n) is 7.70. The van der Waals surface area contributed by atoms with Gasteiger partial charge in [0, 0.05) is 0 Å². The number of carboxylic acid groups (broad SMARTS) is 1. The van der Waals surface area contributed by atoms with Gasteiger partial charge in [-0.25, -0.2) is 4.79 Å². The lowest BCUT2D eigenvalue weighted by molar-refractivity contribution is -0.00660. The summed E-state index contributed by atoms with van der Waals surface area (Å²) in [5, 5.41) is 22.6. The average Bonchev–Trinajstić information content (AvgIpc) is 2.81. The smallest absolute Gasteiger partial charge is 0.335 e. The molecule has 3 aromatic carbocycles. The molecular weight excluding hydrogens is 408 g/mol. The Hall–Kier alpha value is -2.65. The van der Waals surface area contributed by atoms with E-state index in [-0.39, 0.29) is 5.41 Å². The van der Waals surface area contributed by atoms with E-state index in [1.165, 1.54) is 49.5 Å². The highest BCUT2D eigenvalue weighted by molar-refractivity contribution is 5.91. The zero-order valence-electron chi connectivity index (χ0n) is 19.3. The van der Waals surface area contributed by atoms with Gasteiger partial charge >= 0.3 is 5.97 Å². The van der Waals surface area contributed by atoms with Crippen LogP contribution in [0.4, 0.5) is 0 Å². The molecule has 0 amide bonds. The molecule has 0 aliphatic heterocycles. The maximum atomic E-state index is 11.2. The SMILES string of the molecule is CCC(O)c1cc2ccc(-c3ccc(C(=O)O)cc3)cc2cc1C12CC3CC(CC(C3)C1)C2. The Morgan fingerprint density at radius 2 is 1.48 bits per heavy atom. The zero-order valence-corrected chi connectivity index (χ0v) is 19.3. The Bertz CT molecular complexity index is 1190. The van der Waals surface area contributed by atoms with Crippen LogP contribution in [-0.2, 0) is 5.41 Å². The Labute approximate surface area is 195 Å². The number of aliphatic hydroxyl groups excluding tert-OH is 1. The van der Waals surface area contributed by atoms with Crippen molar-refractivity contribution in [3.63, 3.8) is 0 Å². The summed E-state index contributed by atoms with van der Waals surface area (Å²) in [6.07, 6.45) is 8.40. The normalized spacial score (nSPS) is 28.8. The summed E-state index contributed by atoms with van der Waals surface area (Å²) < 4.78 is 0. The van der Waals surface area contributed by atoms with Crippen LogP contribution < -0.4 is 0 Å². The van der Waals surface area contributed by atoms with Crippen molar-refractivity contribution in [1.82, 2.24) is 0 Å². The quantitative estimate of drug-likeness (QED) is 0.444. The Morgan fingerprint density at radius 3 is 2.06 bits per heavy atom. The van der Waals surface area contributed by atoms with E-state index >= 15 is 0 Å². The van der Waals surface area contributed by atoms with Crippen molar-refractivity contribution in [2.24, 2.45) is 17.8 Å². The number of aliphatic hydroxyl groups is 1. The molecule has 4 aliphatic rings. The van der Waals surface area contributed by atoms with Crippen LogP contribution in [-0.4, -0.2) is 16.2 Å². The molecule has 0 aromatic heterocycles. The first-order valence-electron chi connectivity index (χ1n) is 12.5. The lowest BCUT2D eigenvalue weighted by Crippen LogP contribution is -2.49. The van der Waals surface area contributed by atoms with Crippen molar-refractivity contribution >= 4 is 16.7 Å². The highest BCUT2D eigenvalue weighted by Crippen LogP contribution is 2.61. The molecular formula is C30H32O3. The Balaban J connectivity index is 1.47. The minimum absolute atomic E-state index is 0.230. The minimum Gasteiger partial charge on any atom is -0.478 e. The molecule has 1 unspecified atom stereocenters. The van der Waals surface area contributed by atoms with Gasteiger partial charge in [-0.3, -0.25) is 0 Å². The fraction of sp³-hybridized carbons (Fsp3) is 0.433. The molecule has 3 nitrogen and oxygen atoms in total. The standard InChI is InChI=1S/C30H32O3/c1-2-28(31)26-13-24-8-7-23(21-3-5-22(6-4-21)29(32)33)12-25(24)14-27(26)30-15-18-9-19(16-30)11-20(10-18)17-30/h3-8,12-14,18-20,28,31H,2,9-11,15-17H2,1H3,(H,32,33). The second kappa shape index (κ2) is 7.70. The molecule has 0 spiro atoms. The van der Waals surface area contributed by atoms with Crippen molar-refractivity contribution in [2.75, 3.05) is 0 Å². The van der Waals surface area contributed by atoms with Gasteiger partial charge in [-0.2, -0.15) is 0 Å². The van der Waals surface area contributed by atoms with Gasteiger partial charge in [-0.1, -0.05) is 37.3 Å². The highest BCUT2D eigenvalue weighted by atomic mass is 16.4. The summed E-state index contributed by atoms with van der Waals surface area (Å²) in [6.45, 7) is 2.07. The van der Waals surface area contributed by atoms with E-state index in [9.17, 15) is 15.0 Å². The first kappa shape index (κ1) is 20.9. The Morgan fingerprint density at radius 1 is 0.879 bits per heavy atom. The van der Waals surface area contributed by atoms with E-state index in [0.717, 1.165) is 46.3 Å². The first-order chi connectivity index (χ1) is 15.9. The maximum absolute atomic E-state index is 11.2. The number of hydrogen-bond acceptors (Lipinski definition) is 2. The predicted octanol–water partition coefficient (Wildman–Crippen LogP) is 7.12. The van der Waals surface area contributed by atoms with Crippen LogP contribution >= 0.6 is 0 Å².